The molecular formula is C17H19N3O. The lowest BCUT2D eigenvalue weighted by atomic mass is 10.1. The first kappa shape index (κ1) is 13.5. The topological polar surface area (TPSA) is 55.3 Å². The van der Waals surface area contributed by atoms with E-state index in [0.29, 0.717) is 0 Å². The zero-order chi connectivity index (χ0) is 14.8. The number of hydrogen-bond donors (Lipinski definition) is 1. The molecule has 3 rings (SSSR count). The molecule has 2 heterocycles. The highest BCUT2D eigenvalue weighted by Crippen LogP contribution is 2.29. The number of rotatable bonds is 4. The molecule has 4 nitrogen and oxygen atoms in total. The molecule has 0 spiro atoms. The van der Waals surface area contributed by atoms with Crippen LogP contribution in [-0.4, -0.2) is 11.5 Å². The second-order valence-electron chi connectivity index (χ2n) is 5.15. The third-order valence-corrected chi connectivity index (χ3v) is 3.59. The summed E-state index contributed by atoms with van der Waals surface area (Å²) in [7, 11) is 0. The molecular weight excluding hydrogens is 262 g/mol. The maximum atomic E-state index is 5.94. The van der Waals surface area contributed by atoms with Crippen LogP contribution in [0.3, 0.4) is 0 Å². The van der Waals surface area contributed by atoms with Gasteiger partial charge in [-0.2, -0.15) is 0 Å². The molecule has 0 atom stereocenters. The van der Waals surface area contributed by atoms with Crippen molar-refractivity contribution in [3.63, 3.8) is 0 Å². The van der Waals surface area contributed by atoms with E-state index < -0.39 is 0 Å². The normalized spacial score (nSPS) is 11.0. The van der Waals surface area contributed by atoms with Crippen LogP contribution in [-0.2, 0) is 6.54 Å². The van der Waals surface area contributed by atoms with Crippen LogP contribution in [0.1, 0.15) is 18.4 Å². The predicted octanol–water partition coefficient (Wildman–Crippen LogP) is 3.74. The number of nitrogens with zero attached hydrogens (tertiary/aromatic N) is 2. The first-order valence-corrected chi connectivity index (χ1v) is 7.11. The van der Waals surface area contributed by atoms with Gasteiger partial charge in [0.2, 0.25) is 0 Å². The Labute approximate surface area is 124 Å². The monoisotopic (exact) mass is 281 g/mol. The minimum atomic E-state index is 0.733. The Kier molecular flexibility index (Phi) is 3.52. The van der Waals surface area contributed by atoms with E-state index in [9.17, 15) is 0 Å². The lowest BCUT2D eigenvalue weighted by molar-refractivity contribution is 0.504. The molecule has 0 aliphatic heterocycles. The third-order valence-electron chi connectivity index (χ3n) is 3.59. The Morgan fingerprint density at radius 3 is 2.81 bits per heavy atom. The second-order valence-corrected chi connectivity index (χ2v) is 5.15. The summed E-state index contributed by atoms with van der Waals surface area (Å²) in [6.07, 6.45) is 1.71. The number of hydrogen-bond acceptors (Lipinski definition) is 4. The van der Waals surface area contributed by atoms with Gasteiger partial charge < -0.3 is 15.1 Å². The number of benzene rings is 1. The summed E-state index contributed by atoms with van der Waals surface area (Å²) in [5.41, 5.74) is 9.81. The fourth-order valence-corrected chi connectivity index (χ4v) is 2.57. The van der Waals surface area contributed by atoms with Gasteiger partial charge in [-0.3, -0.25) is 4.98 Å². The SMILES string of the molecule is CCN(Cc1ccco1)c1cc(C)nc2ccc(N)cc12. The third kappa shape index (κ3) is 2.70. The van der Waals surface area contributed by atoms with Gasteiger partial charge in [0.1, 0.15) is 5.76 Å². The van der Waals surface area contributed by atoms with Crippen molar-refractivity contribution in [3.05, 3.63) is 54.1 Å². The molecule has 0 fully saturated rings. The summed E-state index contributed by atoms with van der Waals surface area (Å²) in [6.45, 7) is 5.77. The van der Waals surface area contributed by atoms with Gasteiger partial charge in [-0.1, -0.05) is 0 Å². The van der Waals surface area contributed by atoms with Gasteiger partial charge in [0.25, 0.3) is 0 Å². The van der Waals surface area contributed by atoms with Crippen molar-refractivity contribution in [1.82, 2.24) is 4.98 Å². The van der Waals surface area contributed by atoms with E-state index in [0.717, 1.165) is 46.8 Å². The van der Waals surface area contributed by atoms with Gasteiger partial charge in [-0.05, 0) is 50.2 Å². The number of aryl methyl sites for hydroxylation is 1. The summed E-state index contributed by atoms with van der Waals surface area (Å²) < 4.78 is 5.47. The van der Waals surface area contributed by atoms with E-state index in [4.69, 9.17) is 10.2 Å². The minimum Gasteiger partial charge on any atom is -0.467 e. The molecule has 0 radical (unpaired) electrons. The van der Waals surface area contributed by atoms with Gasteiger partial charge in [0.15, 0.2) is 0 Å². The first-order valence-electron chi connectivity index (χ1n) is 7.11. The van der Waals surface area contributed by atoms with Crippen molar-refractivity contribution < 1.29 is 4.42 Å². The van der Waals surface area contributed by atoms with Crippen molar-refractivity contribution >= 4 is 22.3 Å². The highest BCUT2D eigenvalue weighted by molar-refractivity contribution is 5.94. The molecule has 3 aromatic rings. The molecule has 0 saturated heterocycles. The standard InChI is InChI=1S/C17H19N3O/c1-3-20(11-14-5-4-8-21-14)17-9-12(2)19-16-7-6-13(18)10-15(16)17/h4-10H,3,11,18H2,1-2H3. The molecule has 0 amide bonds. The van der Waals surface area contributed by atoms with Gasteiger partial charge in [0.05, 0.1) is 18.3 Å². The fraction of sp³-hybridized carbons (Fsp3) is 0.235. The number of aromatic nitrogens is 1. The molecule has 0 bridgehead atoms. The molecule has 21 heavy (non-hydrogen) atoms. The zero-order valence-corrected chi connectivity index (χ0v) is 12.3. The van der Waals surface area contributed by atoms with E-state index in [2.05, 4.69) is 22.9 Å². The molecule has 4 heteroatoms. The molecule has 2 N–H and O–H groups in total. The highest BCUT2D eigenvalue weighted by atomic mass is 16.3. The maximum absolute atomic E-state index is 5.94. The van der Waals surface area contributed by atoms with Crippen LogP contribution in [0.4, 0.5) is 11.4 Å². The number of nitrogen functional groups attached to an aromatic ring is 1. The van der Waals surface area contributed by atoms with E-state index in [1.54, 1.807) is 6.26 Å². The van der Waals surface area contributed by atoms with E-state index in [1.165, 1.54) is 0 Å². The van der Waals surface area contributed by atoms with Crippen LogP contribution >= 0.6 is 0 Å². The number of pyridine rings is 1. The highest BCUT2D eigenvalue weighted by Gasteiger charge is 2.12. The molecule has 108 valence electrons. The van der Waals surface area contributed by atoms with Gasteiger partial charge in [0, 0.05) is 29.0 Å². The summed E-state index contributed by atoms with van der Waals surface area (Å²) in [6, 6.07) is 11.9. The van der Waals surface area contributed by atoms with Gasteiger partial charge in [-0.15, -0.1) is 0 Å². The van der Waals surface area contributed by atoms with Crippen molar-refractivity contribution in [2.24, 2.45) is 0 Å². The van der Waals surface area contributed by atoms with Crippen LogP contribution in [0.2, 0.25) is 0 Å². The van der Waals surface area contributed by atoms with Crippen molar-refractivity contribution in [1.29, 1.82) is 0 Å². The van der Waals surface area contributed by atoms with Crippen molar-refractivity contribution in [2.45, 2.75) is 20.4 Å². The molecule has 0 aliphatic rings. The van der Waals surface area contributed by atoms with Gasteiger partial charge in [-0.25, -0.2) is 0 Å². The Morgan fingerprint density at radius 1 is 1.24 bits per heavy atom. The van der Waals surface area contributed by atoms with Crippen LogP contribution in [0.25, 0.3) is 10.9 Å². The molecule has 0 saturated carbocycles. The Hall–Kier alpha value is -2.49. The number of anilines is 2. The smallest absolute Gasteiger partial charge is 0.123 e. The average molecular weight is 281 g/mol. The number of furan rings is 1. The summed E-state index contributed by atoms with van der Waals surface area (Å²) in [4.78, 5) is 6.86. The van der Waals surface area contributed by atoms with Gasteiger partial charge >= 0.3 is 0 Å². The quantitative estimate of drug-likeness (QED) is 0.740. The fourth-order valence-electron chi connectivity index (χ4n) is 2.57. The Morgan fingerprint density at radius 2 is 2.10 bits per heavy atom. The average Bonchev–Trinajstić information content (AvgIpc) is 2.97. The number of fused-ring (bicyclic) bond motifs is 1. The lowest BCUT2D eigenvalue weighted by Gasteiger charge is -2.24. The minimum absolute atomic E-state index is 0.733. The Balaban J connectivity index is 2.10. The maximum Gasteiger partial charge on any atom is 0.123 e. The summed E-state index contributed by atoms with van der Waals surface area (Å²) >= 11 is 0. The predicted molar refractivity (Wildman–Crippen MR) is 86.3 cm³/mol. The zero-order valence-electron chi connectivity index (χ0n) is 12.3. The Bertz CT molecular complexity index is 750. The lowest BCUT2D eigenvalue weighted by Crippen LogP contribution is -2.22. The number of nitrogens with two attached hydrogens (primary N) is 1. The molecule has 0 aliphatic carbocycles. The van der Waals surface area contributed by atoms with E-state index >= 15 is 0 Å². The van der Waals surface area contributed by atoms with Crippen molar-refractivity contribution in [3.8, 4) is 0 Å². The first-order chi connectivity index (χ1) is 10.2. The molecule has 0 unspecified atom stereocenters. The molecule has 1 aromatic carbocycles. The van der Waals surface area contributed by atoms with Crippen LogP contribution in [0.5, 0.6) is 0 Å². The van der Waals surface area contributed by atoms with Crippen LogP contribution in [0.15, 0.2) is 47.1 Å². The summed E-state index contributed by atoms with van der Waals surface area (Å²) in [5.74, 6) is 0.948. The van der Waals surface area contributed by atoms with Crippen LogP contribution in [0, 0.1) is 6.92 Å². The van der Waals surface area contributed by atoms with Crippen molar-refractivity contribution in [2.75, 3.05) is 17.2 Å². The van der Waals surface area contributed by atoms with Crippen LogP contribution < -0.4 is 10.6 Å². The van der Waals surface area contributed by atoms with E-state index in [-0.39, 0.29) is 0 Å². The van der Waals surface area contributed by atoms with E-state index in [1.807, 2.05) is 37.3 Å². The largest absolute Gasteiger partial charge is 0.467 e. The second kappa shape index (κ2) is 5.48. The molecule has 2 aromatic heterocycles. The summed E-state index contributed by atoms with van der Waals surface area (Å²) in [5, 5.41) is 1.08.